The first-order valence-electron chi connectivity index (χ1n) is 6.72. The van der Waals surface area contributed by atoms with E-state index in [2.05, 4.69) is 15.6 Å². The lowest BCUT2D eigenvalue weighted by Crippen LogP contribution is -2.53. The number of carbonyl (C=O) groups excluding carboxylic acids is 1. The Hall–Kier alpha value is -2.16. The van der Waals surface area contributed by atoms with Gasteiger partial charge in [0.05, 0.1) is 31.5 Å². The van der Waals surface area contributed by atoms with Crippen molar-refractivity contribution in [2.75, 3.05) is 13.2 Å². The Morgan fingerprint density at radius 3 is 3.00 bits per heavy atom. The molecule has 2 atom stereocenters. The Labute approximate surface area is 121 Å². The minimum absolute atomic E-state index is 0.0170. The van der Waals surface area contributed by atoms with E-state index >= 15 is 0 Å². The Balaban J connectivity index is 1.85. The average Bonchev–Trinajstić information content (AvgIpc) is 2.85. The first-order chi connectivity index (χ1) is 9.95. The van der Waals surface area contributed by atoms with Crippen molar-refractivity contribution in [1.82, 2.24) is 25.2 Å². The second kappa shape index (κ2) is 6.53. The van der Waals surface area contributed by atoms with Gasteiger partial charge in [0.25, 0.3) is 0 Å². The van der Waals surface area contributed by atoms with Gasteiger partial charge in [-0.25, -0.2) is 9.48 Å². The van der Waals surface area contributed by atoms with Gasteiger partial charge in [-0.05, 0) is 13.8 Å². The maximum atomic E-state index is 12.1. The highest BCUT2D eigenvalue weighted by molar-refractivity contribution is 5.74. The second-order valence-electron chi connectivity index (χ2n) is 5.11. The number of aliphatic carboxylic acids is 1. The van der Waals surface area contributed by atoms with E-state index < -0.39 is 5.97 Å². The molecule has 0 spiro atoms. The van der Waals surface area contributed by atoms with Crippen molar-refractivity contribution >= 4 is 12.0 Å². The number of carboxylic acids is 1. The molecule has 1 aromatic rings. The Morgan fingerprint density at radius 2 is 2.29 bits per heavy atom. The normalized spacial score (nSPS) is 22.1. The van der Waals surface area contributed by atoms with E-state index in [4.69, 9.17) is 9.84 Å². The molecule has 2 amide bonds. The van der Waals surface area contributed by atoms with Crippen LogP contribution in [-0.2, 0) is 22.6 Å². The number of hydrogen-bond acceptors (Lipinski definition) is 5. The van der Waals surface area contributed by atoms with Gasteiger partial charge < -0.3 is 20.1 Å². The smallest absolute Gasteiger partial charge is 0.325 e. The molecule has 1 fully saturated rings. The van der Waals surface area contributed by atoms with Crippen LogP contribution in [0.1, 0.15) is 19.5 Å². The van der Waals surface area contributed by atoms with Gasteiger partial charge in [0, 0.05) is 6.54 Å². The Bertz CT molecular complexity index is 518. The third-order valence-electron chi connectivity index (χ3n) is 3.17. The van der Waals surface area contributed by atoms with Crippen molar-refractivity contribution in [2.45, 2.75) is 39.1 Å². The molecular weight excluding hydrogens is 278 g/mol. The lowest BCUT2D eigenvalue weighted by Gasteiger charge is -2.36. The molecule has 1 saturated heterocycles. The topological polar surface area (TPSA) is 110 Å². The largest absolute Gasteiger partial charge is 0.480 e. The fourth-order valence-electron chi connectivity index (χ4n) is 2.09. The number of nitrogens with zero attached hydrogens (tertiary/aromatic N) is 4. The second-order valence-corrected chi connectivity index (χ2v) is 5.11. The fraction of sp³-hybridized carbons (Fsp3) is 0.667. The number of morpholine rings is 1. The van der Waals surface area contributed by atoms with E-state index in [0.29, 0.717) is 18.8 Å². The number of rotatable bonds is 4. The van der Waals surface area contributed by atoms with E-state index in [9.17, 15) is 9.59 Å². The predicted molar refractivity (Wildman–Crippen MR) is 71.5 cm³/mol. The standard InChI is InChI=1S/C12H19N5O4/c1-8-7-21-9(2)4-17(8)12(20)13-3-10-5-16(15-14-10)6-11(18)19/h5,8-9H,3-4,6-7H2,1-2H3,(H,13,20)(H,18,19). The number of carbonyl (C=O) groups is 2. The fourth-order valence-corrected chi connectivity index (χ4v) is 2.09. The monoisotopic (exact) mass is 297 g/mol. The molecule has 0 aliphatic carbocycles. The highest BCUT2D eigenvalue weighted by atomic mass is 16.5. The number of amides is 2. The molecule has 1 aromatic heterocycles. The summed E-state index contributed by atoms with van der Waals surface area (Å²) in [4.78, 5) is 24.4. The molecule has 2 N–H and O–H groups in total. The van der Waals surface area contributed by atoms with Gasteiger partial charge in [-0.2, -0.15) is 0 Å². The van der Waals surface area contributed by atoms with Crippen molar-refractivity contribution in [3.63, 3.8) is 0 Å². The van der Waals surface area contributed by atoms with Crippen LogP contribution in [0.25, 0.3) is 0 Å². The van der Waals surface area contributed by atoms with Gasteiger partial charge in [0.1, 0.15) is 12.2 Å². The van der Waals surface area contributed by atoms with Crippen LogP contribution in [0.4, 0.5) is 4.79 Å². The third-order valence-corrected chi connectivity index (χ3v) is 3.17. The lowest BCUT2D eigenvalue weighted by atomic mass is 10.2. The molecular formula is C12H19N5O4. The van der Waals surface area contributed by atoms with Crippen LogP contribution >= 0.6 is 0 Å². The number of carboxylic acid groups (broad SMARTS) is 1. The van der Waals surface area contributed by atoms with E-state index in [1.807, 2.05) is 13.8 Å². The minimum atomic E-state index is -0.994. The van der Waals surface area contributed by atoms with Crippen molar-refractivity contribution < 1.29 is 19.4 Å². The Kier molecular flexibility index (Phi) is 4.73. The summed E-state index contributed by atoms with van der Waals surface area (Å²) in [5.41, 5.74) is 0.513. The van der Waals surface area contributed by atoms with Crippen LogP contribution in [0.2, 0.25) is 0 Å². The van der Waals surface area contributed by atoms with Gasteiger partial charge in [-0.15, -0.1) is 5.10 Å². The van der Waals surface area contributed by atoms with Crippen LogP contribution in [0.5, 0.6) is 0 Å². The summed E-state index contributed by atoms with van der Waals surface area (Å²) >= 11 is 0. The number of nitrogens with one attached hydrogen (secondary N) is 1. The molecule has 9 heteroatoms. The van der Waals surface area contributed by atoms with Crippen LogP contribution < -0.4 is 5.32 Å². The molecule has 0 aromatic carbocycles. The summed E-state index contributed by atoms with van der Waals surface area (Å²) in [7, 11) is 0. The zero-order chi connectivity index (χ0) is 15.4. The van der Waals surface area contributed by atoms with Crippen LogP contribution in [0, 0.1) is 0 Å². The summed E-state index contributed by atoms with van der Waals surface area (Å²) in [5, 5.41) is 18.9. The predicted octanol–water partition coefficient (Wildman–Crippen LogP) is -0.318. The van der Waals surface area contributed by atoms with E-state index in [1.165, 1.54) is 10.9 Å². The first kappa shape index (κ1) is 15.2. The number of ether oxygens (including phenoxy) is 1. The zero-order valence-electron chi connectivity index (χ0n) is 12.0. The average molecular weight is 297 g/mol. The molecule has 2 heterocycles. The molecule has 2 rings (SSSR count). The maximum absolute atomic E-state index is 12.1. The number of aromatic nitrogens is 3. The third kappa shape index (κ3) is 4.15. The van der Waals surface area contributed by atoms with Gasteiger partial charge in [0.15, 0.2) is 0 Å². The van der Waals surface area contributed by atoms with Gasteiger partial charge >= 0.3 is 12.0 Å². The molecule has 9 nitrogen and oxygen atoms in total. The van der Waals surface area contributed by atoms with Crippen LogP contribution in [-0.4, -0.2) is 62.3 Å². The summed E-state index contributed by atoms with van der Waals surface area (Å²) in [6, 6.07) is -0.172. The maximum Gasteiger partial charge on any atom is 0.325 e. The summed E-state index contributed by atoms with van der Waals surface area (Å²) in [6.45, 7) is 4.86. The SMILES string of the molecule is CC1CN(C(=O)NCc2cn(CC(=O)O)nn2)C(C)CO1. The Morgan fingerprint density at radius 1 is 1.52 bits per heavy atom. The van der Waals surface area contributed by atoms with Gasteiger partial charge in [-0.3, -0.25) is 4.79 Å². The highest BCUT2D eigenvalue weighted by Crippen LogP contribution is 2.11. The molecule has 1 aliphatic rings. The summed E-state index contributed by atoms with van der Waals surface area (Å²) < 4.78 is 6.68. The van der Waals surface area contributed by atoms with Crippen molar-refractivity contribution in [1.29, 1.82) is 0 Å². The molecule has 1 aliphatic heterocycles. The molecule has 0 bridgehead atoms. The molecule has 21 heavy (non-hydrogen) atoms. The number of urea groups is 1. The highest BCUT2D eigenvalue weighted by Gasteiger charge is 2.27. The summed E-state index contributed by atoms with van der Waals surface area (Å²) in [5.74, 6) is -0.994. The van der Waals surface area contributed by atoms with E-state index in [1.54, 1.807) is 4.90 Å². The molecule has 0 radical (unpaired) electrons. The molecule has 2 unspecified atom stereocenters. The van der Waals surface area contributed by atoms with Gasteiger partial charge in [-0.1, -0.05) is 5.21 Å². The first-order valence-corrected chi connectivity index (χ1v) is 6.72. The summed E-state index contributed by atoms with van der Waals surface area (Å²) in [6.07, 6.45) is 1.52. The van der Waals surface area contributed by atoms with Crippen LogP contribution in [0.15, 0.2) is 6.20 Å². The van der Waals surface area contributed by atoms with Crippen molar-refractivity contribution in [2.24, 2.45) is 0 Å². The molecule has 116 valence electrons. The van der Waals surface area contributed by atoms with Crippen molar-refractivity contribution in [3.8, 4) is 0 Å². The van der Waals surface area contributed by atoms with Crippen molar-refractivity contribution in [3.05, 3.63) is 11.9 Å². The van der Waals surface area contributed by atoms with E-state index in [-0.39, 0.29) is 31.3 Å². The molecule has 0 saturated carbocycles. The minimum Gasteiger partial charge on any atom is -0.480 e. The zero-order valence-corrected chi connectivity index (χ0v) is 12.0. The quantitative estimate of drug-likeness (QED) is 0.788. The van der Waals surface area contributed by atoms with E-state index in [0.717, 1.165) is 0 Å². The van der Waals surface area contributed by atoms with Gasteiger partial charge in [0.2, 0.25) is 0 Å². The number of hydrogen-bond donors (Lipinski definition) is 2. The lowest BCUT2D eigenvalue weighted by molar-refractivity contribution is -0.137. The van der Waals surface area contributed by atoms with Crippen LogP contribution in [0.3, 0.4) is 0 Å².